The molecule has 0 aliphatic carbocycles. The minimum absolute atomic E-state index is 0.817. The molecule has 3 heterocycles. The molecule has 0 saturated carbocycles. The fraction of sp³-hybridized carbons (Fsp3) is 0. The number of hydrogen-bond donors (Lipinski definition) is 0. The Morgan fingerprint density at radius 1 is 0.447 bits per heavy atom. The summed E-state index contributed by atoms with van der Waals surface area (Å²) in [6, 6.07) is 43.3. The van der Waals surface area contributed by atoms with E-state index in [1.807, 2.05) is 60.8 Å². The fourth-order valence-electron chi connectivity index (χ4n) is 4.55. The third-order valence-corrected chi connectivity index (χ3v) is 11.4. The van der Waals surface area contributed by atoms with Crippen molar-refractivity contribution in [1.29, 1.82) is 0 Å². The standard InChI is InChI=1S/C33H24N3PS/c38-37(27-12-3-1-4-13-27,28-14-5-2-6-15-28)29-16-9-11-25(23-29)26-20-21-31(35-24-26)33-19-10-18-32(36-33)30-17-7-8-22-34-30/h1-24H. The van der Waals surface area contributed by atoms with Gasteiger partial charge in [-0.3, -0.25) is 9.97 Å². The van der Waals surface area contributed by atoms with Gasteiger partial charge in [-0.15, -0.1) is 0 Å². The van der Waals surface area contributed by atoms with Gasteiger partial charge in [0.05, 0.1) is 22.8 Å². The van der Waals surface area contributed by atoms with Gasteiger partial charge >= 0.3 is 0 Å². The Hall–Kier alpha value is -4.24. The Morgan fingerprint density at radius 3 is 1.63 bits per heavy atom. The average molecular weight is 526 g/mol. The van der Waals surface area contributed by atoms with Crippen molar-refractivity contribution in [3.63, 3.8) is 0 Å². The van der Waals surface area contributed by atoms with Gasteiger partial charge in [0.2, 0.25) is 0 Å². The smallest absolute Gasteiger partial charge is 0.0894 e. The summed E-state index contributed by atoms with van der Waals surface area (Å²) in [6.45, 7) is 0. The number of nitrogens with zero attached hydrogens (tertiary/aromatic N) is 3. The summed E-state index contributed by atoms with van der Waals surface area (Å²) in [4.78, 5) is 14.0. The van der Waals surface area contributed by atoms with Gasteiger partial charge < -0.3 is 0 Å². The van der Waals surface area contributed by atoms with Crippen LogP contribution >= 0.6 is 6.04 Å². The second kappa shape index (κ2) is 10.6. The molecule has 0 amide bonds. The Labute approximate surface area is 227 Å². The first kappa shape index (κ1) is 24.1. The maximum absolute atomic E-state index is 6.53. The van der Waals surface area contributed by atoms with Crippen molar-refractivity contribution >= 4 is 33.8 Å². The van der Waals surface area contributed by atoms with Crippen LogP contribution in [0.5, 0.6) is 0 Å². The molecule has 38 heavy (non-hydrogen) atoms. The summed E-state index contributed by atoms with van der Waals surface area (Å²) < 4.78 is 0. The highest BCUT2D eigenvalue weighted by Gasteiger charge is 2.25. The lowest BCUT2D eigenvalue weighted by atomic mass is 10.1. The van der Waals surface area contributed by atoms with Gasteiger partial charge in [-0.2, -0.15) is 0 Å². The van der Waals surface area contributed by atoms with Gasteiger partial charge in [0.25, 0.3) is 0 Å². The van der Waals surface area contributed by atoms with Crippen molar-refractivity contribution in [2.75, 3.05) is 0 Å². The van der Waals surface area contributed by atoms with E-state index in [4.69, 9.17) is 21.8 Å². The van der Waals surface area contributed by atoms with Gasteiger partial charge in [-0.05, 0) is 57.9 Å². The zero-order chi connectivity index (χ0) is 25.8. The third-order valence-electron chi connectivity index (χ3n) is 6.49. The van der Waals surface area contributed by atoms with Crippen LogP contribution in [0.25, 0.3) is 33.9 Å². The number of rotatable bonds is 6. The van der Waals surface area contributed by atoms with E-state index < -0.39 is 6.04 Å². The summed E-state index contributed by atoms with van der Waals surface area (Å²) in [5.41, 5.74) is 5.44. The van der Waals surface area contributed by atoms with Crippen LogP contribution in [0.3, 0.4) is 0 Å². The van der Waals surface area contributed by atoms with E-state index in [0.717, 1.165) is 39.2 Å². The molecule has 0 unspecified atom stereocenters. The summed E-state index contributed by atoms with van der Waals surface area (Å²) in [5, 5.41) is 3.53. The van der Waals surface area contributed by atoms with Crippen molar-refractivity contribution in [3.05, 3.63) is 146 Å². The first-order valence-corrected chi connectivity index (χ1v) is 15.2. The quantitative estimate of drug-likeness (QED) is 0.229. The highest BCUT2D eigenvalue weighted by atomic mass is 32.4. The minimum atomic E-state index is -2.22. The normalized spacial score (nSPS) is 11.3. The summed E-state index contributed by atoms with van der Waals surface area (Å²) in [5.74, 6) is 0. The lowest BCUT2D eigenvalue weighted by Crippen LogP contribution is -2.24. The molecular formula is C33H24N3PS. The number of aromatic nitrogens is 3. The summed E-state index contributed by atoms with van der Waals surface area (Å²) in [7, 11) is 0. The highest BCUT2D eigenvalue weighted by molar-refractivity contribution is 8.25. The van der Waals surface area contributed by atoms with Gasteiger partial charge in [-0.25, -0.2) is 4.98 Å². The predicted molar refractivity (Wildman–Crippen MR) is 162 cm³/mol. The molecule has 0 bridgehead atoms. The molecule has 0 aliphatic heterocycles. The summed E-state index contributed by atoms with van der Waals surface area (Å²) in [6.07, 6.45) is 3.69. The molecule has 0 spiro atoms. The minimum Gasteiger partial charge on any atom is -0.255 e. The van der Waals surface area contributed by atoms with Crippen LogP contribution in [0.4, 0.5) is 0 Å². The van der Waals surface area contributed by atoms with Crippen LogP contribution in [-0.4, -0.2) is 15.0 Å². The van der Waals surface area contributed by atoms with Crippen molar-refractivity contribution in [1.82, 2.24) is 15.0 Å². The Balaban J connectivity index is 1.36. The second-order valence-electron chi connectivity index (χ2n) is 8.89. The molecule has 6 rings (SSSR count). The maximum Gasteiger partial charge on any atom is 0.0894 e. The van der Waals surface area contributed by atoms with Crippen molar-refractivity contribution in [3.8, 4) is 33.9 Å². The van der Waals surface area contributed by atoms with E-state index in [0.29, 0.717) is 0 Å². The number of pyridine rings is 3. The Morgan fingerprint density at radius 2 is 1.03 bits per heavy atom. The largest absolute Gasteiger partial charge is 0.255 e. The van der Waals surface area contributed by atoms with E-state index in [-0.39, 0.29) is 0 Å². The molecule has 3 nitrogen and oxygen atoms in total. The molecule has 0 saturated heterocycles. The predicted octanol–water partition coefficient (Wildman–Crippen LogP) is 6.63. The molecule has 0 aliphatic rings. The van der Waals surface area contributed by atoms with E-state index >= 15 is 0 Å². The van der Waals surface area contributed by atoms with Crippen LogP contribution in [0.2, 0.25) is 0 Å². The first-order valence-electron chi connectivity index (χ1n) is 12.4. The monoisotopic (exact) mass is 525 g/mol. The molecule has 0 N–H and O–H groups in total. The molecule has 6 aromatic rings. The fourth-order valence-corrected chi connectivity index (χ4v) is 8.32. The van der Waals surface area contributed by atoms with E-state index in [2.05, 4.69) is 83.8 Å². The Bertz CT molecular complexity index is 1680. The van der Waals surface area contributed by atoms with E-state index in [9.17, 15) is 0 Å². The second-order valence-corrected chi connectivity index (χ2v) is 13.3. The lowest BCUT2D eigenvalue weighted by molar-refractivity contribution is 1.22. The van der Waals surface area contributed by atoms with Crippen LogP contribution in [-0.2, 0) is 11.8 Å². The van der Waals surface area contributed by atoms with Crippen LogP contribution in [0, 0.1) is 0 Å². The van der Waals surface area contributed by atoms with Crippen LogP contribution in [0.15, 0.2) is 146 Å². The topological polar surface area (TPSA) is 38.7 Å². The number of hydrogen-bond acceptors (Lipinski definition) is 4. The Kier molecular flexibility index (Phi) is 6.75. The SMILES string of the molecule is S=P(c1ccccc1)(c1ccccc1)c1cccc(-c2ccc(-c3cccc(-c4ccccn4)n3)nc2)c1. The first-order chi connectivity index (χ1) is 18.7. The molecular weight excluding hydrogens is 501 g/mol. The molecule has 5 heteroatoms. The zero-order valence-electron chi connectivity index (χ0n) is 20.6. The van der Waals surface area contributed by atoms with Gasteiger partial charge in [0, 0.05) is 24.0 Å². The van der Waals surface area contributed by atoms with Crippen LogP contribution in [0.1, 0.15) is 0 Å². The number of benzene rings is 3. The van der Waals surface area contributed by atoms with E-state index in [1.54, 1.807) is 6.20 Å². The molecule has 0 radical (unpaired) electrons. The van der Waals surface area contributed by atoms with Crippen LogP contribution < -0.4 is 15.9 Å². The summed E-state index contributed by atoms with van der Waals surface area (Å²) >= 11 is 6.53. The van der Waals surface area contributed by atoms with Gasteiger partial charge in [-0.1, -0.05) is 109 Å². The highest BCUT2D eigenvalue weighted by Crippen LogP contribution is 2.43. The lowest BCUT2D eigenvalue weighted by Gasteiger charge is -2.24. The van der Waals surface area contributed by atoms with Crippen molar-refractivity contribution in [2.45, 2.75) is 0 Å². The average Bonchev–Trinajstić information content (AvgIpc) is 3.02. The molecule has 182 valence electrons. The third kappa shape index (κ3) is 4.72. The molecule has 3 aromatic heterocycles. The van der Waals surface area contributed by atoms with Crippen molar-refractivity contribution in [2.24, 2.45) is 0 Å². The molecule has 0 fully saturated rings. The maximum atomic E-state index is 6.53. The van der Waals surface area contributed by atoms with Crippen molar-refractivity contribution < 1.29 is 0 Å². The zero-order valence-corrected chi connectivity index (χ0v) is 22.3. The van der Waals surface area contributed by atoms with Gasteiger partial charge in [0.1, 0.15) is 0 Å². The van der Waals surface area contributed by atoms with E-state index in [1.165, 1.54) is 10.6 Å². The van der Waals surface area contributed by atoms with Gasteiger partial charge in [0.15, 0.2) is 0 Å². The molecule has 0 atom stereocenters. The molecule has 3 aromatic carbocycles.